The molecule has 0 aliphatic carbocycles. The van der Waals surface area contributed by atoms with Gasteiger partial charge < -0.3 is 15.7 Å². The second-order valence-corrected chi connectivity index (χ2v) is 6.59. The minimum atomic E-state index is -4.60. The first-order valence-corrected chi connectivity index (χ1v) is 7.42. The lowest BCUT2D eigenvalue weighted by molar-refractivity contribution is -0.138. The molecule has 4 N–H and O–H groups in total. The maximum atomic E-state index is 13.6. The third-order valence-electron chi connectivity index (χ3n) is 2.60. The number of carboxylic acid groups (broad SMARTS) is 1. The van der Waals surface area contributed by atoms with Gasteiger partial charge in [-0.25, -0.2) is 0 Å². The van der Waals surface area contributed by atoms with Gasteiger partial charge in [0.15, 0.2) is 0 Å². The van der Waals surface area contributed by atoms with Crippen LogP contribution in [0.25, 0.3) is 0 Å². The molecule has 1 rings (SSSR count). The fraction of sp³-hybridized carbons (Fsp3) is 0.364. The summed E-state index contributed by atoms with van der Waals surface area (Å²) in [4.78, 5) is 19.5. The molecular weight excluding hydrogens is 279 g/mol. The van der Waals surface area contributed by atoms with Crippen LogP contribution in [0.15, 0.2) is 24.3 Å². The topological polar surface area (TPSA) is 101 Å². The number of carboxylic acids is 1. The zero-order valence-electron chi connectivity index (χ0n) is 10.1. The third kappa shape index (κ3) is 3.59. The summed E-state index contributed by atoms with van der Waals surface area (Å²) in [5, 5.41) is 8.62. The van der Waals surface area contributed by atoms with Crippen LogP contribution in [0.2, 0.25) is 0 Å². The molecule has 0 aromatic heterocycles. The molecular formula is C11H14F2NO4P. The third-order valence-corrected chi connectivity index (χ3v) is 3.90. The van der Waals surface area contributed by atoms with Gasteiger partial charge in [-0.1, -0.05) is 24.3 Å². The van der Waals surface area contributed by atoms with Crippen LogP contribution in [0.5, 0.6) is 0 Å². The molecule has 1 aromatic carbocycles. The molecule has 106 valence electrons. The Morgan fingerprint density at radius 1 is 1.42 bits per heavy atom. The van der Waals surface area contributed by atoms with E-state index in [2.05, 4.69) is 0 Å². The SMILES string of the molecule is CP(=O)(O)C(F)(F)c1ccc(CC(N)C(=O)O)cc1. The molecule has 0 saturated carbocycles. The summed E-state index contributed by atoms with van der Waals surface area (Å²) in [6.45, 7) is 0.585. The zero-order chi connectivity index (χ0) is 14.8. The zero-order valence-corrected chi connectivity index (χ0v) is 11.0. The van der Waals surface area contributed by atoms with E-state index in [1.165, 1.54) is 12.1 Å². The summed E-state index contributed by atoms with van der Waals surface area (Å²) >= 11 is 0. The van der Waals surface area contributed by atoms with E-state index in [1.54, 1.807) is 0 Å². The fourth-order valence-corrected chi connectivity index (χ4v) is 2.05. The minimum absolute atomic E-state index is 0.00983. The fourth-order valence-electron chi connectivity index (χ4n) is 1.42. The van der Waals surface area contributed by atoms with Crippen molar-refractivity contribution in [2.75, 3.05) is 6.66 Å². The molecule has 0 radical (unpaired) electrons. The van der Waals surface area contributed by atoms with Crippen LogP contribution in [-0.4, -0.2) is 28.7 Å². The molecule has 2 atom stereocenters. The number of carbonyl (C=O) groups is 1. The maximum absolute atomic E-state index is 13.6. The van der Waals surface area contributed by atoms with Gasteiger partial charge in [-0.2, -0.15) is 8.78 Å². The molecule has 0 heterocycles. The minimum Gasteiger partial charge on any atom is -0.480 e. The lowest BCUT2D eigenvalue weighted by atomic mass is 10.0. The molecule has 19 heavy (non-hydrogen) atoms. The predicted molar refractivity (Wildman–Crippen MR) is 65.4 cm³/mol. The van der Waals surface area contributed by atoms with Crippen LogP contribution in [0.1, 0.15) is 11.1 Å². The molecule has 1 aromatic rings. The summed E-state index contributed by atoms with van der Waals surface area (Å²) in [6.07, 6.45) is -0.00983. The average Bonchev–Trinajstić information content (AvgIpc) is 2.28. The highest BCUT2D eigenvalue weighted by Crippen LogP contribution is 2.59. The number of halogens is 2. The first kappa shape index (κ1) is 15.8. The Bertz CT molecular complexity index is 512. The van der Waals surface area contributed by atoms with Gasteiger partial charge >= 0.3 is 11.6 Å². The van der Waals surface area contributed by atoms with Crippen molar-refractivity contribution in [2.24, 2.45) is 5.73 Å². The Morgan fingerprint density at radius 3 is 2.26 bits per heavy atom. The van der Waals surface area contributed by atoms with Crippen LogP contribution in [0.4, 0.5) is 8.78 Å². The lowest BCUT2D eigenvalue weighted by Gasteiger charge is -2.20. The van der Waals surface area contributed by atoms with E-state index in [4.69, 9.17) is 15.7 Å². The second kappa shape index (κ2) is 5.36. The van der Waals surface area contributed by atoms with Gasteiger partial charge in [-0.15, -0.1) is 0 Å². The number of alkyl halides is 2. The molecule has 5 nitrogen and oxygen atoms in total. The van der Waals surface area contributed by atoms with Gasteiger partial charge in [0.2, 0.25) is 0 Å². The van der Waals surface area contributed by atoms with Crippen molar-refractivity contribution in [3.8, 4) is 0 Å². The Labute approximate surface area is 108 Å². The van der Waals surface area contributed by atoms with E-state index >= 15 is 0 Å². The Hall–Kier alpha value is -1.30. The Kier molecular flexibility index (Phi) is 4.45. The second-order valence-electron chi connectivity index (χ2n) is 4.27. The van der Waals surface area contributed by atoms with Crippen molar-refractivity contribution in [1.29, 1.82) is 0 Å². The molecule has 0 amide bonds. The summed E-state index contributed by atoms with van der Waals surface area (Å²) < 4.78 is 38.2. The standard InChI is InChI=1S/C11H14F2NO4P/c1-19(17,18)11(12,13)8-4-2-7(3-5-8)6-9(14)10(15)16/h2-5,9H,6,14H2,1H3,(H,15,16)(H,17,18). The van der Waals surface area contributed by atoms with Crippen molar-refractivity contribution in [3.63, 3.8) is 0 Å². The quantitative estimate of drug-likeness (QED) is 0.716. The van der Waals surface area contributed by atoms with Crippen molar-refractivity contribution < 1.29 is 28.1 Å². The highest BCUT2D eigenvalue weighted by atomic mass is 31.2. The van der Waals surface area contributed by atoms with Crippen molar-refractivity contribution in [3.05, 3.63) is 35.4 Å². The van der Waals surface area contributed by atoms with Crippen LogP contribution < -0.4 is 5.73 Å². The average molecular weight is 293 g/mol. The first-order chi connectivity index (χ1) is 8.55. The molecule has 0 spiro atoms. The predicted octanol–water partition coefficient (Wildman–Crippen LogP) is 1.59. The number of rotatable bonds is 5. The summed E-state index contributed by atoms with van der Waals surface area (Å²) in [5.41, 5.74) is 1.34. The summed E-state index contributed by atoms with van der Waals surface area (Å²) in [5.74, 6) is -1.19. The number of benzene rings is 1. The van der Waals surface area contributed by atoms with Crippen molar-refractivity contribution >= 4 is 13.3 Å². The molecule has 0 bridgehead atoms. The van der Waals surface area contributed by atoms with Crippen LogP contribution >= 0.6 is 7.37 Å². The van der Waals surface area contributed by atoms with E-state index in [0.29, 0.717) is 12.2 Å². The smallest absolute Gasteiger partial charge is 0.346 e. The Morgan fingerprint density at radius 2 is 1.89 bits per heavy atom. The van der Waals surface area contributed by atoms with Gasteiger partial charge in [0.05, 0.1) is 0 Å². The van der Waals surface area contributed by atoms with E-state index in [0.717, 1.165) is 12.1 Å². The number of nitrogens with two attached hydrogens (primary N) is 1. The molecule has 0 aliphatic rings. The normalized spacial score (nSPS) is 16.7. The van der Waals surface area contributed by atoms with Gasteiger partial charge in [0.1, 0.15) is 6.04 Å². The number of aliphatic carboxylic acids is 1. The van der Waals surface area contributed by atoms with E-state index in [9.17, 15) is 18.1 Å². The highest BCUT2D eigenvalue weighted by molar-refractivity contribution is 7.58. The van der Waals surface area contributed by atoms with Crippen LogP contribution in [-0.2, 0) is 21.4 Å². The van der Waals surface area contributed by atoms with Crippen LogP contribution in [0.3, 0.4) is 0 Å². The monoisotopic (exact) mass is 293 g/mol. The summed E-state index contributed by atoms with van der Waals surface area (Å²) in [7, 11) is -4.60. The molecule has 0 aliphatic heterocycles. The summed E-state index contributed by atoms with van der Waals surface area (Å²) in [6, 6.07) is 3.40. The van der Waals surface area contributed by atoms with Crippen molar-refractivity contribution in [2.45, 2.75) is 18.1 Å². The maximum Gasteiger partial charge on any atom is 0.346 e. The number of hydrogen-bond acceptors (Lipinski definition) is 3. The van der Waals surface area contributed by atoms with E-state index < -0.39 is 30.6 Å². The molecule has 0 saturated heterocycles. The molecule has 0 fully saturated rings. The Balaban J connectivity index is 2.94. The van der Waals surface area contributed by atoms with E-state index in [1.807, 2.05) is 0 Å². The van der Waals surface area contributed by atoms with Gasteiger partial charge in [0.25, 0.3) is 7.37 Å². The van der Waals surface area contributed by atoms with E-state index in [-0.39, 0.29) is 6.42 Å². The highest BCUT2D eigenvalue weighted by Gasteiger charge is 2.47. The number of hydrogen-bond donors (Lipinski definition) is 3. The van der Waals surface area contributed by atoms with Crippen LogP contribution in [0, 0.1) is 0 Å². The van der Waals surface area contributed by atoms with Crippen molar-refractivity contribution in [1.82, 2.24) is 0 Å². The lowest BCUT2D eigenvalue weighted by Crippen LogP contribution is -2.32. The van der Waals surface area contributed by atoms with Gasteiger partial charge in [-0.3, -0.25) is 9.36 Å². The van der Waals surface area contributed by atoms with Gasteiger partial charge in [0, 0.05) is 12.2 Å². The molecule has 2 unspecified atom stereocenters. The van der Waals surface area contributed by atoms with Gasteiger partial charge in [-0.05, 0) is 12.0 Å². The largest absolute Gasteiger partial charge is 0.480 e. The molecule has 8 heteroatoms. The first-order valence-electron chi connectivity index (χ1n) is 5.31.